The second-order valence-corrected chi connectivity index (χ2v) is 7.66. The summed E-state index contributed by atoms with van der Waals surface area (Å²) in [4.78, 5) is 14.7. The topological polar surface area (TPSA) is 68.5 Å². The van der Waals surface area contributed by atoms with Crippen LogP contribution in [0.1, 0.15) is 42.2 Å². The van der Waals surface area contributed by atoms with Gasteiger partial charge in [-0.15, -0.1) is 10.2 Å². The van der Waals surface area contributed by atoms with Crippen LogP contribution in [-0.2, 0) is 10.2 Å². The average molecular weight is 355 g/mol. The third kappa shape index (κ3) is 2.77. The first-order valence-electron chi connectivity index (χ1n) is 9.27. The van der Waals surface area contributed by atoms with Crippen LogP contribution in [-0.4, -0.2) is 40.7 Å². The third-order valence-corrected chi connectivity index (χ3v) is 5.92. The Morgan fingerprint density at radius 3 is 2.77 bits per heavy atom. The number of carbonyl (C=O) groups excluding carboxylic acids is 1. The van der Waals surface area contributed by atoms with Gasteiger partial charge in [0, 0.05) is 20.0 Å². The van der Waals surface area contributed by atoms with E-state index in [4.69, 9.17) is 9.15 Å². The Morgan fingerprint density at radius 1 is 1.31 bits per heavy atom. The molecule has 0 N–H and O–H groups in total. The highest BCUT2D eigenvalue weighted by molar-refractivity contribution is 5.78. The molecule has 138 valence electrons. The van der Waals surface area contributed by atoms with Gasteiger partial charge in [-0.25, -0.2) is 0 Å². The van der Waals surface area contributed by atoms with Gasteiger partial charge < -0.3 is 14.1 Å². The highest BCUT2D eigenvalue weighted by atomic mass is 16.5. The van der Waals surface area contributed by atoms with Crippen molar-refractivity contribution in [1.82, 2.24) is 15.1 Å². The molecule has 2 aromatic rings. The quantitative estimate of drug-likeness (QED) is 0.843. The van der Waals surface area contributed by atoms with Crippen molar-refractivity contribution < 1.29 is 13.9 Å². The molecule has 1 aromatic heterocycles. The molecule has 2 fully saturated rings. The minimum Gasteiger partial charge on any atom is -0.483 e. The van der Waals surface area contributed by atoms with E-state index in [1.54, 1.807) is 0 Å². The monoisotopic (exact) mass is 355 g/mol. The molecule has 0 spiro atoms. The third-order valence-electron chi connectivity index (χ3n) is 5.92. The maximum absolute atomic E-state index is 12.8. The number of rotatable bonds is 4. The van der Waals surface area contributed by atoms with E-state index in [0.29, 0.717) is 24.2 Å². The Balaban J connectivity index is 1.47. The van der Waals surface area contributed by atoms with E-state index in [0.717, 1.165) is 42.7 Å². The lowest BCUT2D eigenvalue weighted by Crippen LogP contribution is -2.37. The summed E-state index contributed by atoms with van der Waals surface area (Å²) in [5, 5.41) is 8.29. The molecule has 0 radical (unpaired) electrons. The molecule has 1 aliphatic carbocycles. The molecule has 2 atom stereocenters. The molecule has 1 aromatic carbocycles. The largest absolute Gasteiger partial charge is 0.483 e. The van der Waals surface area contributed by atoms with Crippen molar-refractivity contribution in [2.75, 3.05) is 19.7 Å². The zero-order chi connectivity index (χ0) is 18.3. The summed E-state index contributed by atoms with van der Waals surface area (Å²) < 4.78 is 11.6. The zero-order valence-electron chi connectivity index (χ0n) is 15.6. The summed E-state index contributed by atoms with van der Waals surface area (Å²) >= 11 is 0. The van der Waals surface area contributed by atoms with Gasteiger partial charge in [-0.3, -0.25) is 4.79 Å². The number of aromatic nitrogens is 2. The van der Waals surface area contributed by atoms with Gasteiger partial charge in [-0.1, -0.05) is 24.6 Å². The number of amides is 1. The molecule has 6 nitrogen and oxygen atoms in total. The number of nitrogens with zero attached hydrogens (tertiary/aromatic N) is 3. The fraction of sp³-hybridized carbons (Fsp3) is 0.550. The minimum atomic E-state index is -0.171. The molecule has 0 unspecified atom stereocenters. The van der Waals surface area contributed by atoms with Crippen LogP contribution in [0.5, 0.6) is 5.75 Å². The highest BCUT2D eigenvalue weighted by Gasteiger charge is 2.55. The van der Waals surface area contributed by atoms with Gasteiger partial charge in [0.1, 0.15) is 5.75 Å². The lowest BCUT2D eigenvalue weighted by atomic mass is 9.80. The Bertz CT molecular complexity index is 811. The maximum atomic E-state index is 12.8. The summed E-state index contributed by atoms with van der Waals surface area (Å²) in [7, 11) is 0. The van der Waals surface area contributed by atoms with E-state index in [9.17, 15) is 4.79 Å². The van der Waals surface area contributed by atoms with Crippen LogP contribution in [0, 0.1) is 26.7 Å². The van der Waals surface area contributed by atoms with Gasteiger partial charge in [-0.2, -0.15) is 0 Å². The fourth-order valence-corrected chi connectivity index (χ4v) is 4.58. The highest BCUT2D eigenvalue weighted by Crippen LogP contribution is 2.50. The molecule has 1 amide bonds. The van der Waals surface area contributed by atoms with Crippen LogP contribution in [0.3, 0.4) is 0 Å². The standard InChI is InChI=1S/C20H25N3O3/c1-13-6-4-7-14(2)18(13)25-11-17(24)23-10-16-8-5-9-20(16,12-23)19-22-21-15(3)26-19/h4,6-7,16H,5,8-12H2,1-3H3/t16-,20-/m0/s1. The number of hydrogen-bond donors (Lipinski definition) is 0. The van der Waals surface area contributed by atoms with Crippen LogP contribution >= 0.6 is 0 Å². The molecule has 1 saturated heterocycles. The number of ether oxygens (including phenoxy) is 1. The van der Waals surface area contributed by atoms with Gasteiger partial charge in [0.25, 0.3) is 5.91 Å². The van der Waals surface area contributed by atoms with Crippen LogP contribution in [0.2, 0.25) is 0 Å². The van der Waals surface area contributed by atoms with Crippen LogP contribution in [0.15, 0.2) is 22.6 Å². The van der Waals surface area contributed by atoms with Gasteiger partial charge in [0.15, 0.2) is 6.61 Å². The van der Waals surface area contributed by atoms with Gasteiger partial charge >= 0.3 is 0 Å². The number of carbonyl (C=O) groups is 1. The fourth-order valence-electron chi connectivity index (χ4n) is 4.58. The molecule has 4 rings (SSSR count). The van der Waals surface area contributed by atoms with Crippen molar-refractivity contribution in [2.24, 2.45) is 5.92 Å². The minimum absolute atomic E-state index is 0.0256. The van der Waals surface area contributed by atoms with Crippen molar-refractivity contribution >= 4 is 5.91 Å². The summed E-state index contributed by atoms with van der Waals surface area (Å²) in [6.45, 7) is 7.27. The van der Waals surface area contributed by atoms with Crippen LogP contribution in [0.25, 0.3) is 0 Å². The molecule has 26 heavy (non-hydrogen) atoms. The molecule has 1 saturated carbocycles. The number of likely N-dealkylation sites (tertiary alicyclic amines) is 1. The summed E-state index contributed by atoms with van der Waals surface area (Å²) in [5.74, 6) is 2.51. The van der Waals surface area contributed by atoms with Crippen molar-refractivity contribution in [3.8, 4) is 5.75 Å². The lowest BCUT2D eigenvalue weighted by molar-refractivity contribution is -0.132. The van der Waals surface area contributed by atoms with E-state index < -0.39 is 0 Å². The number of fused-ring (bicyclic) bond motifs is 1. The first kappa shape index (κ1) is 17.1. The first-order chi connectivity index (χ1) is 12.5. The van der Waals surface area contributed by atoms with E-state index >= 15 is 0 Å². The first-order valence-corrected chi connectivity index (χ1v) is 9.27. The summed E-state index contributed by atoms with van der Waals surface area (Å²) in [6.07, 6.45) is 3.25. The molecular weight excluding hydrogens is 330 g/mol. The predicted octanol–water partition coefficient (Wildman–Crippen LogP) is 2.95. The van der Waals surface area contributed by atoms with E-state index in [1.807, 2.05) is 43.9 Å². The predicted molar refractivity (Wildman–Crippen MR) is 96.0 cm³/mol. The maximum Gasteiger partial charge on any atom is 0.260 e. The van der Waals surface area contributed by atoms with Crippen LogP contribution < -0.4 is 4.74 Å². The van der Waals surface area contributed by atoms with Crippen molar-refractivity contribution in [2.45, 2.75) is 45.4 Å². The van der Waals surface area contributed by atoms with Crippen molar-refractivity contribution in [3.05, 3.63) is 41.1 Å². The molecular formula is C20H25N3O3. The smallest absolute Gasteiger partial charge is 0.260 e. The molecule has 1 aliphatic heterocycles. The normalized spacial score (nSPS) is 24.7. The summed E-state index contributed by atoms with van der Waals surface area (Å²) in [6, 6.07) is 6.00. The molecule has 0 bridgehead atoms. The second-order valence-electron chi connectivity index (χ2n) is 7.66. The van der Waals surface area contributed by atoms with Crippen molar-refractivity contribution in [1.29, 1.82) is 0 Å². The number of hydrogen-bond acceptors (Lipinski definition) is 5. The van der Waals surface area contributed by atoms with Crippen LogP contribution in [0.4, 0.5) is 0 Å². The average Bonchev–Trinajstić information content (AvgIpc) is 3.27. The van der Waals surface area contributed by atoms with Crippen molar-refractivity contribution in [3.63, 3.8) is 0 Å². The molecule has 2 aliphatic rings. The Kier molecular flexibility index (Phi) is 4.21. The Morgan fingerprint density at radius 2 is 2.08 bits per heavy atom. The zero-order valence-corrected chi connectivity index (χ0v) is 15.6. The Hall–Kier alpha value is -2.37. The number of aryl methyl sites for hydroxylation is 3. The number of benzene rings is 1. The SMILES string of the molecule is Cc1nnc([C@]23CCC[C@H]2CN(C(=O)COc2c(C)cccc2C)C3)o1. The van der Waals surface area contributed by atoms with E-state index in [-0.39, 0.29) is 17.9 Å². The molecule has 6 heteroatoms. The summed E-state index contributed by atoms with van der Waals surface area (Å²) in [5.41, 5.74) is 1.93. The second kappa shape index (κ2) is 6.41. The van der Waals surface area contributed by atoms with E-state index in [1.165, 1.54) is 0 Å². The van der Waals surface area contributed by atoms with Gasteiger partial charge in [0.2, 0.25) is 11.8 Å². The van der Waals surface area contributed by atoms with Gasteiger partial charge in [-0.05, 0) is 43.7 Å². The van der Waals surface area contributed by atoms with Gasteiger partial charge in [0.05, 0.1) is 5.41 Å². The van der Waals surface area contributed by atoms with E-state index in [2.05, 4.69) is 10.2 Å². The molecule has 2 heterocycles. The number of para-hydroxylation sites is 1. The Labute approximate surface area is 153 Å². The lowest BCUT2D eigenvalue weighted by Gasteiger charge is -2.24.